The smallest absolute Gasteiger partial charge is 0.225 e. The lowest BCUT2D eigenvalue weighted by atomic mass is 10.2. The molecule has 154 valence electrons. The fourth-order valence-corrected chi connectivity index (χ4v) is 4.92. The first-order chi connectivity index (χ1) is 14.2. The van der Waals surface area contributed by atoms with E-state index in [1.165, 1.54) is 23.3 Å². The topological polar surface area (TPSA) is 64.6 Å². The number of anilines is 2. The van der Waals surface area contributed by atoms with Gasteiger partial charge in [0, 0.05) is 69.2 Å². The Hall–Kier alpha value is -2.16. The zero-order chi connectivity index (χ0) is 20.1. The number of piperazine rings is 1. The van der Waals surface area contributed by atoms with E-state index in [9.17, 15) is 4.79 Å². The van der Waals surface area contributed by atoms with E-state index >= 15 is 0 Å². The summed E-state index contributed by atoms with van der Waals surface area (Å²) in [7, 11) is 0. The molecule has 1 amide bonds. The SMILES string of the molecule is CC(=O)Nc1ccc2c(c1)SN(CCCCN1CCN(c3ncccn3)CC1)C2. The summed E-state index contributed by atoms with van der Waals surface area (Å²) in [6.45, 7) is 8.92. The van der Waals surface area contributed by atoms with Crippen molar-refractivity contribution >= 4 is 29.5 Å². The minimum atomic E-state index is -0.0260. The van der Waals surface area contributed by atoms with E-state index in [0.717, 1.165) is 57.4 Å². The third-order valence-electron chi connectivity index (χ3n) is 5.30. The van der Waals surface area contributed by atoms with Gasteiger partial charge in [-0.2, -0.15) is 0 Å². The summed E-state index contributed by atoms with van der Waals surface area (Å²) >= 11 is 1.81. The third-order valence-corrected chi connectivity index (χ3v) is 6.45. The highest BCUT2D eigenvalue weighted by Crippen LogP contribution is 2.37. The molecular formula is C21H28N6OS. The monoisotopic (exact) mass is 412 g/mol. The summed E-state index contributed by atoms with van der Waals surface area (Å²) in [4.78, 5) is 26.0. The Kier molecular flexibility index (Phi) is 6.63. The molecule has 2 aliphatic heterocycles. The molecule has 0 bridgehead atoms. The molecule has 8 heteroatoms. The molecule has 1 aromatic carbocycles. The molecule has 0 spiro atoms. The predicted molar refractivity (Wildman–Crippen MR) is 117 cm³/mol. The van der Waals surface area contributed by atoms with Crippen molar-refractivity contribution in [2.45, 2.75) is 31.2 Å². The van der Waals surface area contributed by atoms with Gasteiger partial charge in [-0.25, -0.2) is 14.3 Å². The van der Waals surface area contributed by atoms with Gasteiger partial charge in [-0.3, -0.25) is 9.69 Å². The summed E-state index contributed by atoms with van der Waals surface area (Å²) in [6, 6.07) is 8.06. The second kappa shape index (κ2) is 9.56. The molecule has 7 nitrogen and oxygen atoms in total. The van der Waals surface area contributed by atoms with Gasteiger partial charge in [0.05, 0.1) is 0 Å². The molecule has 1 saturated heterocycles. The van der Waals surface area contributed by atoms with Crippen LogP contribution in [0.1, 0.15) is 25.3 Å². The van der Waals surface area contributed by atoms with E-state index in [1.807, 2.05) is 36.5 Å². The normalized spacial score (nSPS) is 17.3. The Labute approximate surface area is 176 Å². The largest absolute Gasteiger partial charge is 0.338 e. The number of fused-ring (bicyclic) bond motifs is 1. The maximum Gasteiger partial charge on any atom is 0.225 e. The van der Waals surface area contributed by atoms with Crippen LogP contribution >= 0.6 is 11.9 Å². The molecule has 4 rings (SSSR count). The Bertz CT molecular complexity index is 825. The number of nitrogens with zero attached hydrogens (tertiary/aromatic N) is 5. The summed E-state index contributed by atoms with van der Waals surface area (Å²) in [5, 5.41) is 2.86. The number of hydrogen-bond acceptors (Lipinski definition) is 7. The molecule has 1 fully saturated rings. The molecule has 0 aliphatic carbocycles. The Morgan fingerprint density at radius 3 is 2.62 bits per heavy atom. The fourth-order valence-electron chi connectivity index (χ4n) is 3.79. The van der Waals surface area contributed by atoms with Gasteiger partial charge in [0.1, 0.15) is 0 Å². The number of unbranched alkanes of at least 4 members (excludes halogenated alkanes) is 1. The second-order valence-corrected chi connectivity index (χ2v) is 8.68. The number of rotatable bonds is 7. The second-order valence-electron chi connectivity index (χ2n) is 7.54. The van der Waals surface area contributed by atoms with Crippen LogP contribution in [-0.4, -0.2) is 64.3 Å². The van der Waals surface area contributed by atoms with Crippen LogP contribution in [0.3, 0.4) is 0 Å². The average Bonchev–Trinajstić information content (AvgIpc) is 3.14. The first kappa shape index (κ1) is 20.1. The maximum atomic E-state index is 11.2. The van der Waals surface area contributed by atoms with Gasteiger partial charge >= 0.3 is 0 Å². The number of carbonyl (C=O) groups excluding carboxylic acids is 1. The van der Waals surface area contributed by atoms with Crippen LogP contribution < -0.4 is 10.2 Å². The van der Waals surface area contributed by atoms with Gasteiger partial charge in [-0.05, 0) is 55.1 Å². The number of carbonyl (C=O) groups is 1. The van der Waals surface area contributed by atoms with Crippen LogP contribution in [0.2, 0.25) is 0 Å². The number of aromatic nitrogens is 2. The molecule has 0 atom stereocenters. The van der Waals surface area contributed by atoms with Crippen molar-refractivity contribution in [3.63, 3.8) is 0 Å². The molecule has 0 unspecified atom stereocenters. The molecule has 0 radical (unpaired) electrons. The van der Waals surface area contributed by atoms with Gasteiger partial charge < -0.3 is 10.2 Å². The maximum absolute atomic E-state index is 11.2. The highest BCUT2D eigenvalue weighted by atomic mass is 32.2. The predicted octanol–water partition coefficient (Wildman–Crippen LogP) is 2.86. The van der Waals surface area contributed by atoms with Crippen molar-refractivity contribution in [2.75, 3.05) is 49.5 Å². The standard InChI is InChI=1S/C21H28N6OS/c1-17(28)24-19-6-5-18-16-27(29-20(18)15-19)10-3-2-9-25-11-13-26(14-12-25)21-22-7-4-8-23-21/h4-8,15H,2-3,9-14,16H2,1H3,(H,24,28). The molecular weight excluding hydrogens is 384 g/mol. The first-order valence-corrected chi connectivity index (χ1v) is 11.0. The Balaban J connectivity index is 1.14. The van der Waals surface area contributed by atoms with Crippen LogP contribution in [0.4, 0.5) is 11.6 Å². The van der Waals surface area contributed by atoms with Gasteiger partial charge in [0.15, 0.2) is 0 Å². The van der Waals surface area contributed by atoms with Crippen LogP contribution in [0, 0.1) is 0 Å². The van der Waals surface area contributed by atoms with E-state index in [2.05, 4.69) is 41.5 Å². The minimum absolute atomic E-state index is 0.0260. The van der Waals surface area contributed by atoms with E-state index in [4.69, 9.17) is 0 Å². The molecule has 3 heterocycles. The van der Waals surface area contributed by atoms with Crippen molar-refractivity contribution in [3.8, 4) is 0 Å². The van der Waals surface area contributed by atoms with Crippen molar-refractivity contribution < 1.29 is 4.79 Å². The van der Waals surface area contributed by atoms with Crippen LogP contribution in [0.5, 0.6) is 0 Å². The summed E-state index contributed by atoms with van der Waals surface area (Å²) in [5.41, 5.74) is 2.23. The van der Waals surface area contributed by atoms with Gasteiger partial charge in [0.25, 0.3) is 0 Å². The lowest BCUT2D eigenvalue weighted by Gasteiger charge is -2.34. The van der Waals surface area contributed by atoms with E-state index in [0.29, 0.717) is 0 Å². The van der Waals surface area contributed by atoms with Crippen LogP contribution in [0.15, 0.2) is 41.6 Å². The number of amides is 1. The van der Waals surface area contributed by atoms with Gasteiger partial charge in [0.2, 0.25) is 11.9 Å². The Morgan fingerprint density at radius 1 is 1.10 bits per heavy atom. The quantitative estimate of drug-likeness (QED) is 0.554. The minimum Gasteiger partial charge on any atom is -0.338 e. The van der Waals surface area contributed by atoms with Gasteiger partial charge in [-0.15, -0.1) is 0 Å². The zero-order valence-electron chi connectivity index (χ0n) is 16.9. The van der Waals surface area contributed by atoms with Crippen molar-refractivity contribution in [2.24, 2.45) is 0 Å². The lowest BCUT2D eigenvalue weighted by molar-refractivity contribution is -0.114. The van der Waals surface area contributed by atoms with E-state index < -0.39 is 0 Å². The first-order valence-electron chi connectivity index (χ1n) is 10.2. The van der Waals surface area contributed by atoms with Crippen LogP contribution in [-0.2, 0) is 11.3 Å². The van der Waals surface area contributed by atoms with E-state index in [1.54, 1.807) is 6.92 Å². The van der Waals surface area contributed by atoms with Crippen molar-refractivity contribution in [1.82, 2.24) is 19.2 Å². The highest BCUT2D eigenvalue weighted by Gasteiger charge is 2.21. The summed E-state index contributed by atoms with van der Waals surface area (Å²) in [5.74, 6) is 0.821. The van der Waals surface area contributed by atoms with Crippen molar-refractivity contribution in [1.29, 1.82) is 0 Å². The van der Waals surface area contributed by atoms with Crippen LogP contribution in [0.25, 0.3) is 0 Å². The number of nitrogens with one attached hydrogen (secondary N) is 1. The molecule has 2 aromatic rings. The molecule has 1 N–H and O–H groups in total. The van der Waals surface area contributed by atoms with Crippen molar-refractivity contribution in [3.05, 3.63) is 42.2 Å². The fraction of sp³-hybridized carbons (Fsp3) is 0.476. The Morgan fingerprint density at radius 2 is 1.86 bits per heavy atom. The molecule has 0 saturated carbocycles. The van der Waals surface area contributed by atoms with E-state index in [-0.39, 0.29) is 5.91 Å². The average molecular weight is 413 g/mol. The zero-order valence-corrected chi connectivity index (χ0v) is 17.7. The lowest BCUT2D eigenvalue weighted by Crippen LogP contribution is -2.47. The summed E-state index contributed by atoms with van der Waals surface area (Å²) < 4.78 is 2.42. The number of benzene rings is 1. The molecule has 1 aromatic heterocycles. The number of hydrogen-bond donors (Lipinski definition) is 1. The summed E-state index contributed by atoms with van der Waals surface area (Å²) in [6.07, 6.45) is 6.03. The molecule has 29 heavy (non-hydrogen) atoms. The molecule has 2 aliphatic rings. The third kappa shape index (κ3) is 5.46. The highest BCUT2D eigenvalue weighted by molar-refractivity contribution is 7.97. The van der Waals surface area contributed by atoms with Gasteiger partial charge in [-0.1, -0.05) is 6.07 Å².